The number of halogens is 3. The van der Waals surface area contributed by atoms with Gasteiger partial charge in [0.05, 0.1) is 17.3 Å². The number of aromatic nitrogens is 2. The van der Waals surface area contributed by atoms with Gasteiger partial charge in [0.15, 0.2) is 0 Å². The van der Waals surface area contributed by atoms with Gasteiger partial charge in [-0.2, -0.15) is 18.2 Å². The van der Waals surface area contributed by atoms with Crippen LogP contribution in [0.4, 0.5) is 35.4 Å². The lowest BCUT2D eigenvalue weighted by molar-refractivity contribution is -0.137. The molecule has 1 heterocycles. The van der Waals surface area contributed by atoms with Gasteiger partial charge in [-0.15, -0.1) is 0 Å². The molecule has 1 atom stereocenters. The maximum absolute atomic E-state index is 13.0. The highest BCUT2D eigenvalue weighted by Crippen LogP contribution is 2.31. The SMILES string of the molecule is CCCNc1nc(Nc2cccc(C(F)(F)F)c2)ncc1C#CCCCNC(=O)[C@H](C)N(C)C(=O)OC(C)(C)C. The standard InChI is InChI=1S/C28H37F3N6O3/c1-7-15-32-23-20(18-34-25(36-23)35-22-14-11-13-21(17-22)28(29,30)31)12-9-8-10-16-33-24(38)19(2)37(6)26(39)40-27(3,4)5/h11,13-14,17-19H,7-8,10,15-16H2,1-6H3,(H,33,38)(H2,32,34,35,36)/t19-/m0/s1. The number of alkyl halides is 3. The molecule has 218 valence electrons. The first-order chi connectivity index (χ1) is 18.7. The van der Waals surface area contributed by atoms with Crippen molar-refractivity contribution in [1.29, 1.82) is 0 Å². The highest BCUT2D eigenvalue weighted by molar-refractivity contribution is 5.85. The number of benzene rings is 1. The molecule has 0 spiro atoms. The molecule has 2 aromatic rings. The summed E-state index contributed by atoms with van der Waals surface area (Å²) in [5.41, 5.74) is -0.676. The van der Waals surface area contributed by atoms with Crippen LogP contribution in [-0.4, -0.2) is 58.6 Å². The molecule has 0 fully saturated rings. The minimum atomic E-state index is -4.46. The minimum absolute atomic E-state index is 0.136. The zero-order chi connectivity index (χ0) is 29.9. The summed E-state index contributed by atoms with van der Waals surface area (Å²) in [5.74, 6) is 6.34. The third-order valence-corrected chi connectivity index (χ3v) is 5.42. The first-order valence-electron chi connectivity index (χ1n) is 13.0. The van der Waals surface area contributed by atoms with Gasteiger partial charge in [0.1, 0.15) is 17.5 Å². The number of hydrogen-bond acceptors (Lipinski definition) is 7. The molecule has 0 aliphatic carbocycles. The van der Waals surface area contributed by atoms with E-state index in [0.29, 0.717) is 37.3 Å². The van der Waals surface area contributed by atoms with E-state index >= 15 is 0 Å². The second-order valence-corrected chi connectivity index (χ2v) is 10.0. The summed E-state index contributed by atoms with van der Waals surface area (Å²) in [5, 5.41) is 8.76. The summed E-state index contributed by atoms with van der Waals surface area (Å²) < 4.78 is 44.3. The highest BCUT2D eigenvalue weighted by Gasteiger charge is 2.30. The topological polar surface area (TPSA) is 108 Å². The average molecular weight is 563 g/mol. The Morgan fingerprint density at radius 1 is 1.18 bits per heavy atom. The molecule has 0 radical (unpaired) electrons. The van der Waals surface area contributed by atoms with Crippen LogP contribution in [0.5, 0.6) is 0 Å². The van der Waals surface area contributed by atoms with Crippen molar-refractivity contribution in [2.75, 3.05) is 30.8 Å². The number of unbranched alkanes of at least 4 members (excludes halogenated alkanes) is 1. The number of nitrogens with one attached hydrogen (secondary N) is 3. The Hall–Kier alpha value is -4.01. The largest absolute Gasteiger partial charge is 0.444 e. The summed E-state index contributed by atoms with van der Waals surface area (Å²) in [6.07, 6.45) is -1.64. The number of amides is 2. The Bertz CT molecular complexity index is 1220. The first kappa shape index (κ1) is 32.2. The molecule has 9 nitrogen and oxygen atoms in total. The van der Waals surface area contributed by atoms with Crippen molar-refractivity contribution < 1.29 is 27.5 Å². The number of anilines is 3. The molecule has 2 amide bonds. The van der Waals surface area contributed by atoms with Crippen molar-refractivity contribution in [1.82, 2.24) is 20.2 Å². The lowest BCUT2D eigenvalue weighted by atomic mass is 10.2. The van der Waals surface area contributed by atoms with Crippen LogP contribution in [0.15, 0.2) is 30.5 Å². The van der Waals surface area contributed by atoms with Gasteiger partial charge in [-0.1, -0.05) is 24.8 Å². The van der Waals surface area contributed by atoms with Crippen LogP contribution in [0.2, 0.25) is 0 Å². The summed E-state index contributed by atoms with van der Waals surface area (Å²) in [6.45, 7) is 9.87. The monoisotopic (exact) mass is 562 g/mol. The highest BCUT2D eigenvalue weighted by atomic mass is 19.4. The average Bonchev–Trinajstić information content (AvgIpc) is 2.87. The fourth-order valence-corrected chi connectivity index (χ4v) is 3.18. The quantitative estimate of drug-likeness (QED) is 0.257. The number of carbonyl (C=O) groups excluding carboxylic acids is 2. The fourth-order valence-electron chi connectivity index (χ4n) is 3.18. The van der Waals surface area contributed by atoms with Crippen molar-refractivity contribution in [3.05, 3.63) is 41.6 Å². The van der Waals surface area contributed by atoms with Gasteiger partial charge < -0.3 is 20.7 Å². The van der Waals surface area contributed by atoms with E-state index in [1.165, 1.54) is 30.3 Å². The van der Waals surface area contributed by atoms with Crippen LogP contribution >= 0.6 is 0 Å². The zero-order valence-corrected chi connectivity index (χ0v) is 23.7. The van der Waals surface area contributed by atoms with E-state index in [-0.39, 0.29) is 17.5 Å². The predicted molar refractivity (Wildman–Crippen MR) is 148 cm³/mol. The van der Waals surface area contributed by atoms with Crippen LogP contribution in [0.1, 0.15) is 65.0 Å². The van der Waals surface area contributed by atoms with E-state index < -0.39 is 29.5 Å². The van der Waals surface area contributed by atoms with Crippen molar-refractivity contribution in [3.8, 4) is 11.8 Å². The third-order valence-electron chi connectivity index (χ3n) is 5.42. The Kier molecular flexibility index (Phi) is 11.6. The van der Waals surface area contributed by atoms with Crippen molar-refractivity contribution in [2.24, 2.45) is 0 Å². The second-order valence-electron chi connectivity index (χ2n) is 10.0. The fraction of sp³-hybridized carbons (Fsp3) is 0.500. The van der Waals surface area contributed by atoms with Crippen LogP contribution in [-0.2, 0) is 15.7 Å². The summed E-state index contributed by atoms with van der Waals surface area (Å²) in [7, 11) is 1.51. The maximum atomic E-state index is 13.0. The van der Waals surface area contributed by atoms with Gasteiger partial charge in [-0.05, 0) is 58.7 Å². The number of likely N-dealkylation sites (N-methyl/N-ethyl adjacent to an activating group) is 1. The Labute approximate surface area is 233 Å². The molecule has 0 aliphatic rings. The predicted octanol–water partition coefficient (Wildman–Crippen LogP) is 5.56. The summed E-state index contributed by atoms with van der Waals surface area (Å²) in [6, 6.07) is 4.09. The summed E-state index contributed by atoms with van der Waals surface area (Å²) in [4.78, 5) is 34.4. The van der Waals surface area contributed by atoms with Crippen LogP contribution in [0, 0.1) is 11.8 Å². The van der Waals surface area contributed by atoms with Crippen molar-refractivity contribution in [3.63, 3.8) is 0 Å². The number of ether oxygens (including phenoxy) is 1. The lowest BCUT2D eigenvalue weighted by Gasteiger charge is -2.28. The van der Waals surface area contributed by atoms with Gasteiger partial charge in [0.25, 0.3) is 0 Å². The molecule has 3 N–H and O–H groups in total. The van der Waals surface area contributed by atoms with Gasteiger partial charge in [0, 0.05) is 32.2 Å². The molecule has 40 heavy (non-hydrogen) atoms. The molecule has 2 rings (SSSR count). The van der Waals surface area contributed by atoms with E-state index in [0.717, 1.165) is 18.6 Å². The van der Waals surface area contributed by atoms with Crippen molar-refractivity contribution in [2.45, 2.75) is 71.7 Å². The van der Waals surface area contributed by atoms with Crippen molar-refractivity contribution >= 4 is 29.5 Å². The molecule has 0 bridgehead atoms. The van der Waals surface area contributed by atoms with E-state index in [1.54, 1.807) is 27.7 Å². The van der Waals surface area contributed by atoms with E-state index in [4.69, 9.17) is 4.74 Å². The number of nitrogens with zero attached hydrogens (tertiary/aromatic N) is 3. The van der Waals surface area contributed by atoms with Gasteiger partial charge >= 0.3 is 12.3 Å². The van der Waals surface area contributed by atoms with Gasteiger partial charge in [-0.3, -0.25) is 9.69 Å². The van der Waals surface area contributed by atoms with Crippen LogP contribution in [0.3, 0.4) is 0 Å². The maximum Gasteiger partial charge on any atom is 0.416 e. The second kappa shape index (κ2) is 14.4. The smallest absolute Gasteiger partial charge is 0.416 e. The van der Waals surface area contributed by atoms with Gasteiger partial charge in [-0.25, -0.2) is 9.78 Å². The van der Waals surface area contributed by atoms with E-state index in [2.05, 4.69) is 37.8 Å². The van der Waals surface area contributed by atoms with Gasteiger partial charge in [0.2, 0.25) is 11.9 Å². The summed E-state index contributed by atoms with van der Waals surface area (Å²) >= 11 is 0. The Balaban J connectivity index is 1.95. The lowest BCUT2D eigenvalue weighted by Crippen LogP contribution is -2.47. The number of carbonyl (C=O) groups is 2. The van der Waals surface area contributed by atoms with E-state index in [1.807, 2.05) is 6.92 Å². The number of hydrogen-bond donors (Lipinski definition) is 3. The number of rotatable bonds is 10. The first-order valence-corrected chi connectivity index (χ1v) is 13.0. The minimum Gasteiger partial charge on any atom is -0.444 e. The van der Waals surface area contributed by atoms with Crippen LogP contribution < -0.4 is 16.0 Å². The normalized spacial score (nSPS) is 12.0. The molecule has 0 saturated carbocycles. The third kappa shape index (κ3) is 10.6. The molecular formula is C28H37F3N6O3. The van der Waals surface area contributed by atoms with E-state index in [9.17, 15) is 22.8 Å². The van der Waals surface area contributed by atoms with Crippen LogP contribution in [0.25, 0.3) is 0 Å². The molecule has 1 aromatic heterocycles. The molecule has 0 saturated heterocycles. The molecule has 0 aliphatic heterocycles. The Morgan fingerprint density at radius 2 is 1.90 bits per heavy atom. The molecule has 0 unspecified atom stereocenters. The zero-order valence-electron chi connectivity index (χ0n) is 23.7. The molecule has 1 aromatic carbocycles. The Morgan fingerprint density at radius 3 is 2.55 bits per heavy atom. The molecular weight excluding hydrogens is 525 g/mol. The molecule has 12 heteroatoms.